The molecule has 0 radical (unpaired) electrons. The van der Waals surface area contributed by atoms with Gasteiger partial charge in [-0.3, -0.25) is 9.69 Å². The van der Waals surface area contributed by atoms with Gasteiger partial charge < -0.3 is 10.2 Å². The summed E-state index contributed by atoms with van der Waals surface area (Å²) in [5.74, 6) is 0.929. The van der Waals surface area contributed by atoms with E-state index in [0.29, 0.717) is 29.7 Å². The van der Waals surface area contributed by atoms with Crippen LogP contribution in [0.25, 0.3) is 16.9 Å². The van der Waals surface area contributed by atoms with E-state index in [9.17, 15) is 4.79 Å². The number of carbonyl (C=O) groups is 1. The van der Waals surface area contributed by atoms with Gasteiger partial charge in [0.15, 0.2) is 5.65 Å². The fourth-order valence-electron chi connectivity index (χ4n) is 4.11. The zero-order valence-electron chi connectivity index (χ0n) is 18.7. The van der Waals surface area contributed by atoms with Crippen LogP contribution in [0, 0.1) is 0 Å². The molecule has 1 saturated heterocycles. The summed E-state index contributed by atoms with van der Waals surface area (Å²) in [7, 11) is 0. The number of anilines is 2. The molecule has 0 atom stereocenters. The first kappa shape index (κ1) is 22.7. The number of aromatic nitrogens is 3. The van der Waals surface area contributed by atoms with E-state index in [2.05, 4.69) is 22.2 Å². The molecule has 2 aromatic heterocycles. The second-order valence-corrected chi connectivity index (χ2v) is 9.02. The highest BCUT2D eigenvalue weighted by molar-refractivity contribution is 6.35. The van der Waals surface area contributed by atoms with Gasteiger partial charge in [0.2, 0.25) is 5.91 Å². The van der Waals surface area contributed by atoms with Crippen molar-refractivity contribution in [2.75, 3.05) is 36.4 Å². The molecule has 0 bridgehead atoms. The van der Waals surface area contributed by atoms with Gasteiger partial charge in [0.1, 0.15) is 5.82 Å². The quantitative estimate of drug-likeness (QED) is 0.409. The van der Waals surface area contributed by atoms with Crippen LogP contribution in [0.5, 0.6) is 0 Å². The minimum Gasteiger partial charge on any atom is -0.366 e. The van der Waals surface area contributed by atoms with Crippen molar-refractivity contribution in [1.29, 1.82) is 0 Å². The Morgan fingerprint density at radius 1 is 1.03 bits per heavy atom. The summed E-state index contributed by atoms with van der Waals surface area (Å²) in [5, 5.41) is 9.01. The first-order chi connectivity index (χ1) is 16.5. The number of hydrogen-bond donors (Lipinski definition) is 1. The number of benzene rings is 2. The van der Waals surface area contributed by atoms with E-state index in [1.807, 2.05) is 53.4 Å². The Bertz CT molecular complexity index is 1340. The number of piperazine rings is 1. The van der Waals surface area contributed by atoms with E-state index in [1.54, 1.807) is 16.8 Å². The van der Waals surface area contributed by atoms with Crippen LogP contribution in [0.4, 0.5) is 11.5 Å². The molecule has 1 aliphatic rings. The van der Waals surface area contributed by atoms with Crippen LogP contribution in [0.2, 0.25) is 10.0 Å². The van der Waals surface area contributed by atoms with Crippen molar-refractivity contribution >= 4 is 46.3 Å². The molecule has 0 aliphatic carbocycles. The van der Waals surface area contributed by atoms with Crippen LogP contribution >= 0.6 is 23.2 Å². The second kappa shape index (κ2) is 9.62. The van der Waals surface area contributed by atoms with Gasteiger partial charge in [-0.25, -0.2) is 4.98 Å². The topological polar surface area (TPSA) is 65.8 Å². The molecule has 0 unspecified atom stereocenters. The SMILES string of the molecule is CCN1CCN(c2ccc(-c3cc(NCc4ccc(Cl)cc4Cl)n4nccc4n3)cc2)C(=O)C1. The van der Waals surface area contributed by atoms with Gasteiger partial charge in [-0.05, 0) is 36.4 Å². The molecule has 1 amide bonds. The van der Waals surface area contributed by atoms with Crippen molar-refractivity contribution in [1.82, 2.24) is 19.5 Å². The summed E-state index contributed by atoms with van der Waals surface area (Å²) in [5.41, 5.74) is 4.34. The standard InChI is InChI=1S/C25H24Cl2N6O/c1-2-31-11-12-32(25(34)16-31)20-7-4-17(5-8-20)22-14-24(33-23(30-22)9-10-29-33)28-15-18-3-6-19(26)13-21(18)27/h3-10,13-14,28H,2,11-12,15-16H2,1H3. The minimum absolute atomic E-state index is 0.131. The number of halogens is 2. The highest BCUT2D eigenvalue weighted by atomic mass is 35.5. The average Bonchev–Trinajstić information content (AvgIpc) is 3.32. The van der Waals surface area contributed by atoms with Crippen LogP contribution in [-0.4, -0.2) is 51.6 Å². The Morgan fingerprint density at radius 2 is 1.85 bits per heavy atom. The molecular formula is C25H24Cl2N6O. The monoisotopic (exact) mass is 494 g/mol. The van der Waals surface area contributed by atoms with Gasteiger partial charge in [0, 0.05) is 53.1 Å². The first-order valence-electron chi connectivity index (χ1n) is 11.2. The number of amides is 1. The second-order valence-electron chi connectivity index (χ2n) is 8.18. The number of likely N-dealkylation sites (N-methyl/N-ethyl adjacent to an activating group) is 1. The van der Waals surface area contributed by atoms with E-state index in [1.165, 1.54) is 0 Å². The minimum atomic E-state index is 0.131. The van der Waals surface area contributed by atoms with Gasteiger partial charge in [-0.2, -0.15) is 9.61 Å². The fraction of sp³-hybridized carbons (Fsp3) is 0.240. The molecule has 0 saturated carbocycles. The summed E-state index contributed by atoms with van der Waals surface area (Å²) in [6.07, 6.45) is 1.72. The van der Waals surface area contributed by atoms with Crippen molar-refractivity contribution in [3.8, 4) is 11.3 Å². The maximum atomic E-state index is 12.5. The van der Waals surface area contributed by atoms with Crippen LogP contribution in [0.1, 0.15) is 12.5 Å². The lowest BCUT2D eigenvalue weighted by Gasteiger charge is -2.33. The molecule has 0 spiro atoms. The van der Waals surface area contributed by atoms with Crippen LogP contribution in [0.15, 0.2) is 60.8 Å². The molecule has 9 heteroatoms. The molecule has 2 aromatic carbocycles. The summed E-state index contributed by atoms with van der Waals surface area (Å²) in [4.78, 5) is 21.3. The Hall–Kier alpha value is -3.13. The summed E-state index contributed by atoms with van der Waals surface area (Å²) >= 11 is 12.4. The fourth-order valence-corrected chi connectivity index (χ4v) is 4.59. The predicted octanol–water partition coefficient (Wildman–Crippen LogP) is 4.98. The number of hydrogen-bond acceptors (Lipinski definition) is 5. The van der Waals surface area contributed by atoms with Gasteiger partial charge in [-0.1, -0.05) is 48.3 Å². The van der Waals surface area contributed by atoms with Crippen molar-refractivity contribution in [2.45, 2.75) is 13.5 Å². The lowest BCUT2D eigenvalue weighted by Crippen LogP contribution is -2.50. The number of nitrogens with zero attached hydrogens (tertiary/aromatic N) is 5. The number of nitrogens with one attached hydrogen (secondary N) is 1. The van der Waals surface area contributed by atoms with E-state index < -0.39 is 0 Å². The average molecular weight is 495 g/mol. The zero-order chi connectivity index (χ0) is 23.7. The third-order valence-corrected chi connectivity index (χ3v) is 6.64. The zero-order valence-corrected chi connectivity index (χ0v) is 20.2. The highest BCUT2D eigenvalue weighted by Gasteiger charge is 2.24. The summed E-state index contributed by atoms with van der Waals surface area (Å²) in [6, 6.07) is 17.3. The van der Waals surface area contributed by atoms with Gasteiger partial charge in [0.25, 0.3) is 0 Å². The van der Waals surface area contributed by atoms with Crippen LogP contribution < -0.4 is 10.2 Å². The molecule has 5 rings (SSSR count). The van der Waals surface area contributed by atoms with Gasteiger partial charge in [-0.15, -0.1) is 0 Å². The van der Waals surface area contributed by atoms with Crippen molar-refractivity contribution in [3.05, 3.63) is 76.4 Å². The Labute approximate surface area is 207 Å². The van der Waals surface area contributed by atoms with Crippen molar-refractivity contribution in [2.24, 2.45) is 0 Å². The largest absolute Gasteiger partial charge is 0.366 e. The molecule has 3 heterocycles. The summed E-state index contributed by atoms with van der Waals surface area (Å²) in [6.45, 7) is 5.53. The molecule has 1 fully saturated rings. The number of carbonyl (C=O) groups excluding carboxylic acids is 1. The maximum absolute atomic E-state index is 12.5. The molecule has 174 valence electrons. The van der Waals surface area contributed by atoms with Gasteiger partial charge in [0.05, 0.1) is 18.4 Å². The molecule has 34 heavy (non-hydrogen) atoms. The first-order valence-corrected chi connectivity index (χ1v) is 11.9. The van der Waals surface area contributed by atoms with Gasteiger partial charge >= 0.3 is 0 Å². The third kappa shape index (κ3) is 4.59. The molecule has 1 aliphatic heterocycles. The Kier molecular flexibility index (Phi) is 6.41. The van der Waals surface area contributed by atoms with Crippen LogP contribution in [0.3, 0.4) is 0 Å². The Balaban J connectivity index is 1.39. The molecule has 4 aromatic rings. The summed E-state index contributed by atoms with van der Waals surface area (Å²) < 4.78 is 1.76. The molecule has 1 N–H and O–H groups in total. The molecular weight excluding hydrogens is 471 g/mol. The lowest BCUT2D eigenvalue weighted by molar-refractivity contribution is -0.121. The smallest absolute Gasteiger partial charge is 0.241 e. The normalized spacial score (nSPS) is 14.7. The number of fused-ring (bicyclic) bond motifs is 1. The van der Waals surface area contributed by atoms with Crippen molar-refractivity contribution in [3.63, 3.8) is 0 Å². The maximum Gasteiger partial charge on any atom is 0.241 e. The van der Waals surface area contributed by atoms with E-state index >= 15 is 0 Å². The number of rotatable bonds is 6. The van der Waals surface area contributed by atoms with Crippen molar-refractivity contribution < 1.29 is 4.79 Å². The van der Waals surface area contributed by atoms with E-state index in [4.69, 9.17) is 28.2 Å². The molecule has 7 nitrogen and oxygen atoms in total. The van der Waals surface area contributed by atoms with Crippen LogP contribution in [-0.2, 0) is 11.3 Å². The predicted molar refractivity (Wildman–Crippen MR) is 137 cm³/mol. The van der Waals surface area contributed by atoms with E-state index in [0.717, 1.165) is 47.1 Å². The third-order valence-electron chi connectivity index (χ3n) is 6.06. The Morgan fingerprint density at radius 3 is 2.59 bits per heavy atom. The van der Waals surface area contributed by atoms with E-state index in [-0.39, 0.29) is 5.91 Å². The lowest BCUT2D eigenvalue weighted by atomic mass is 10.1. The highest BCUT2D eigenvalue weighted by Crippen LogP contribution is 2.27.